The number of nitrogens with zero attached hydrogens (tertiary/aromatic N) is 1. The van der Waals surface area contributed by atoms with Gasteiger partial charge in [0.15, 0.2) is 0 Å². The molecular formula is C18H20N2. The van der Waals surface area contributed by atoms with Crippen LogP contribution in [0.1, 0.15) is 22.3 Å². The quantitative estimate of drug-likeness (QED) is 0.767. The minimum atomic E-state index is 0.596. The van der Waals surface area contributed by atoms with Crippen LogP contribution in [0.4, 0.5) is 0 Å². The first-order valence-corrected chi connectivity index (χ1v) is 7.01. The van der Waals surface area contributed by atoms with Gasteiger partial charge < -0.3 is 10.3 Å². The van der Waals surface area contributed by atoms with Gasteiger partial charge in [0.05, 0.1) is 0 Å². The van der Waals surface area contributed by atoms with Crippen molar-refractivity contribution in [3.8, 4) is 0 Å². The van der Waals surface area contributed by atoms with E-state index in [1.807, 2.05) is 0 Å². The van der Waals surface area contributed by atoms with Crippen molar-refractivity contribution in [2.45, 2.75) is 26.9 Å². The molecule has 20 heavy (non-hydrogen) atoms. The summed E-state index contributed by atoms with van der Waals surface area (Å²) >= 11 is 0. The average Bonchev–Trinajstić information content (AvgIpc) is 2.85. The molecule has 0 bridgehead atoms. The van der Waals surface area contributed by atoms with Crippen molar-refractivity contribution >= 4 is 10.9 Å². The third-order valence-corrected chi connectivity index (χ3v) is 4.00. The Bertz CT molecular complexity index is 753. The zero-order chi connectivity index (χ0) is 14.1. The monoisotopic (exact) mass is 264 g/mol. The lowest BCUT2D eigenvalue weighted by Crippen LogP contribution is -1.99. The summed E-state index contributed by atoms with van der Waals surface area (Å²) in [7, 11) is 0. The summed E-state index contributed by atoms with van der Waals surface area (Å²) in [4.78, 5) is 0. The van der Waals surface area contributed by atoms with Crippen LogP contribution in [0.5, 0.6) is 0 Å². The van der Waals surface area contributed by atoms with Crippen LogP contribution < -0.4 is 5.73 Å². The van der Waals surface area contributed by atoms with Gasteiger partial charge >= 0.3 is 0 Å². The number of fused-ring (bicyclic) bond motifs is 1. The first kappa shape index (κ1) is 12.9. The predicted octanol–water partition coefficient (Wildman–Crippen LogP) is 3.77. The molecule has 0 unspecified atom stereocenters. The highest BCUT2D eigenvalue weighted by Crippen LogP contribution is 2.19. The number of benzene rings is 2. The molecule has 0 aliphatic heterocycles. The number of hydrogen-bond acceptors (Lipinski definition) is 1. The number of nitrogens with two attached hydrogens (primary N) is 1. The average molecular weight is 264 g/mol. The highest BCUT2D eigenvalue weighted by atomic mass is 14.9. The zero-order valence-corrected chi connectivity index (χ0v) is 12.1. The molecule has 1 heterocycles. The summed E-state index contributed by atoms with van der Waals surface area (Å²) < 4.78 is 2.29. The molecule has 3 aromatic rings. The molecule has 0 amide bonds. The van der Waals surface area contributed by atoms with Crippen LogP contribution in [-0.2, 0) is 13.1 Å². The molecule has 1 aromatic heterocycles. The van der Waals surface area contributed by atoms with Crippen molar-refractivity contribution in [1.29, 1.82) is 0 Å². The molecule has 2 heteroatoms. The van der Waals surface area contributed by atoms with Gasteiger partial charge in [-0.15, -0.1) is 0 Å². The first-order valence-electron chi connectivity index (χ1n) is 7.01. The molecule has 102 valence electrons. The van der Waals surface area contributed by atoms with E-state index in [0.717, 1.165) is 6.54 Å². The number of aryl methyl sites for hydroxylation is 2. The van der Waals surface area contributed by atoms with Gasteiger partial charge in [0.25, 0.3) is 0 Å². The number of rotatable bonds is 3. The van der Waals surface area contributed by atoms with E-state index in [-0.39, 0.29) is 0 Å². The molecule has 0 aliphatic rings. The van der Waals surface area contributed by atoms with E-state index < -0.39 is 0 Å². The van der Waals surface area contributed by atoms with Crippen LogP contribution in [-0.4, -0.2) is 4.57 Å². The van der Waals surface area contributed by atoms with Gasteiger partial charge in [0.1, 0.15) is 0 Å². The normalized spacial score (nSPS) is 11.2. The molecule has 0 radical (unpaired) electrons. The van der Waals surface area contributed by atoms with Crippen molar-refractivity contribution in [2.24, 2.45) is 5.73 Å². The van der Waals surface area contributed by atoms with Gasteiger partial charge in [-0.05, 0) is 59.7 Å². The van der Waals surface area contributed by atoms with Gasteiger partial charge in [0, 0.05) is 24.8 Å². The second-order valence-corrected chi connectivity index (χ2v) is 5.46. The van der Waals surface area contributed by atoms with Crippen LogP contribution in [0, 0.1) is 13.8 Å². The highest BCUT2D eigenvalue weighted by molar-refractivity contribution is 5.81. The molecular weight excluding hydrogens is 244 g/mol. The molecule has 2 N–H and O–H groups in total. The van der Waals surface area contributed by atoms with Crippen LogP contribution in [0.3, 0.4) is 0 Å². The van der Waals surface area contributed by atoms with Crippen molar-refractivity contribution in [3.63, 3.8) is 0 Å². The SMILES string of the molecule is Cc1ccc(Cn2ccc3cc(CN)ccc32)cc1C. The molecule has 0 spiro atoms. The second-order valence-electron chi connectivity index (χ2n) is 5.46. The van der Waals surface area contributed by atoms with Crippen molar-refractivity contribution in [1.82, 2.24) is 4.57 Å². The Balaban J connectivity index is 1.96. The van der Waals surface area contributed by atoms with E-state index >= 15 is 0 Å². The number of hydrogen-bond donors (Lipinski definition) is 1. The lowest BCUT2D eigenvalue weighted by atomic mass is 10.1. The van der Waals surface area contributed by atoms with E-state index in [2.05, 4.69) is 67.1 Å². The fourth-order valence-corrected chi connectivity index (χ4v) is 2.61. The maximum atomic E-state index is 5.70. The minimum absolute atomic E-state index is 0.596. The maximum absolute atomic E-state index is 5.70. The summed E-state index contributed by atoms with van der Waals surface area (Å²) in [5, 5.41) is 1.26. The van der Waals surface area contributed by atoms with Gasteiger partial charge in [-0.2, -0.15) is 0 Å². The van der Waals surface area contributed by atoms with Gasteiger partial charge in [-0.25, -0.2) is 0 Å². The van der Waals surface area contributed by atoms with Gasteiger partial charge in [-0.1, -0.05) is 24.3 Å². The summed E-state index contributed by atoms with van der Waals surface area (Å²) in [5.74, 6) is 0. The van der Waals surface area contributed by atoms with E-state index in [1.54, 1.807) is 0 Å². The first-order chi connectivity index (χ1) is 9.67. The smallest absolute Gasteiger partial charge is 0.0483 e. The molecule has 0 atom stereocenters. The van der Waals surface area contributed by atoms with Gasteiger partial charge in [0.2, 0.25) is 0 Å². The zero-order valence-electron chi connectivity index (χ0n) is 12.1. The lowest BCUT2D eigenvalue weighted by molar-refractivity contribution is 0.835. The molecule has 0 saturated carbocycles. The Morgan fingerprint density at radius 3 is 2.45 bits per heavy atom. The second kappa shape index (κ2) is 5.14. The molecule has 2 aromatic carbocycles. The standard InChI is InChI=1S/C18H20N2/c1-13-3-4-16(9-14(13)2)12-20-8-7-17-10-15(11-19)5-6-18(17)20/h3-10H,11-12,19H2,1-2H3. The molecule has 0 aliphatic carbocycles. The Morgan fingerprint density at radius 2 is 1.70 bits per heavy atom. The minimum Gasteiger partial charge on any atom is -0.343 e. The largest absolute Gasteiger partial charge is 0.343 e. The van der Waals surface area contributed by atoms with E-state index in [1.165, 1.54) is 33.2 Å². The Hall–Kier alpha value is -2.06. The summed E-state index contributed by atoms with van der Waals surface area (Å²) in [5.41, 5.74) is 12.2. The van der Waals surface area contributed by atoms with Crippen molar-refractivity contribution in [3.05, 3.63) is 70.9 Å². The van der Waals surface area contributed by atoms with Crippen molar-refractivity contribution in [2.75, 3.05) is 0 Å². The molecule has 3 rings (SSSR count). The van der Waals surface area contributed by atoms with Crippen LogP contribution in [0.25, 0.3) is 10.9 Å². The predicted molar refractivity (Wildman–Crippen MR) is 84.8 cm³/mol. The van der Waals surface area contributed by atoms with Gasteiger partial charge in [-0.3, -0.25) is 0 Å². The fraction of sp³-hybridized carbons (Fsp3) is 0.222. The van der Waals surface area contributed by atoms with E-state index in [0.29, 0.717) is 6.54 Å². The summed E-state index contributed by atoms with van der Waals surface area (Å²) in [6, 6.07) is 15.3. The Morgan fingerprint density at radius 1 is 0.900 bits per heavy atom. The molecule has 0 saturated heterocycles. The van der Waals surface area contributed by atoms with E-state index in [9.17, 15) is 0 Å². The highest BCUT2D eigenvalue weighted by Gasteiger charge is 2.03. The third-order valence-electron chi connectivity index (χ3n) is 4.00. The molecule has 0 fully saturated rings. The van der Waals surface area contributed by atoms with E-state index in [4.69, 9.17) is 5.73 Å². The summed E-state index contributed by atoms with van der Waals surface area (Å²) in [6.45, 7) is 5.82. The maximum Gasteiger partial charge on any atom is 0.0483 e. The Labute approximate surface area is 119 Å². The van der Waals surface area contributed by atoms with Crippen LogP contribution in [0.2, 0.25) is 0 Å². The lowest BCUT2D eigenvalue weighted by Gasteiger charge is -2.08. The van der Waals surface area contributed by atoms with Crippen LogP contribution >= 0.6 is 0 Å². The number of aromatic nitrogens is 1. The van der Waals surface area contributed by atoms with Crippen LogP contribution in [0.15, 0.2) is 48.7 Å². The van der Waals surface area contributed by atoms with Crippen molar-refractivity contribution < 1.29 is 0 Å². The third kappa shape index (κ3) is 2.35. The topological polar surface area (TPSA) is 30.9 Å². The Kier molecular flexibility index (Phi) is 3.33. The molecule has 2 nitrogen and oxygen atoms in total. The summed E-state index contributed by atoms with van der Waals surface area (Å²) in [6.07, 6.45) is 2.15. The fourth-order valence-electron chi connectivity index (χ4n) is 2.61.